The minimum Gasteiger partial charge on any atom is -0.368 e. The topological polar surface area (TPSA) is 90.9 Å². The molecular formula is C23H30N4O3S. The van der Waals surface area contributed by atoms with Crippen molar-refractivity contribution in [3.63, 3.8) is 0 Å². The molecule has 2 aromatic rings. The first kappa shape index (κ1) is 23.0. The van der Waals surface area contributed by atoms with Crippen LogP contribution < -0.4 is 10.0 Å². The first-order chi connectivity index (χ1) is 14.7. The minimum absolute atomic E-state index is 0.0717. The molecule has 0 saturated carbocycles. The van der Waals surface area contributed by atoms with Gasteiger partial charge in [-0.25, -0.2) is 13.1 Å². The van der Waals surface area contributed by atoms with E-state index in [1.165, 1.54) is 0 Å². The molecule has 8 heteroatoms. The smallest absolute Gasteiger partial charge is 0.240 e. The summed E-state index contributed by atoms with van der Waals surface area (Å²) in [5, 5.41) is 3.25. The van der Waals surface area contributed by atoms with E-state index >= 15 is 0 Å². The van der Waals surface area contributed by atoms with Gasteiger partial charge in [0, 0.05) is 38.7 Å². The van der Waals surface area contributed by atoms with Gasteiger partial charge in [-0.15, -0.1) is 0 Å². The van der Waals surface area contributed by atoms with Crippen LogP contribution >= 0.6 is 0 Å². The van der Waals surface area contributed by atoms with Gasteiger partial charge in [-0.05, 0) is 49.1 Å². The molecule has 0 fully saturated rings. The molecule has 2 aromatic carbocycles. The monoisotopic (exact) mass is 442 g/mol. The van der Waals surface area contributed by atoms with Crippen molar-refractivity contribution in [2.45, 2.75) is 31.6 Å². The summed E-state index contributed by atoms with van der Waals surface area (Å²) in [4.78, 5) is 18.7. The molecule has 0 unspecified atom stereocenters. The molecule has 1 aliphatic rings. The molecule has 31 heavy (non-hydrogen) atoms. The van der Waals surface area contributed by atoms with E-state index < -0.39 is 10.0 Å². The maximum Gasteiger partial charge on any atom is 0.240 e. The zero-order valence-corrected chi connectivity index (χ0v) is 19.1. The normalized spacial score (nSPS) is 13.6. The number of hydrogen-bond donors (Lipinski definition) is 2. The molecule has 2 N–H and O–H groups in total. The van der Waals surface area contributed by atoms with Crippen LogP contribution in [0.5, 0.6) is 0 Å². The van der Waals surface area contributed by atoms with Gasteiger partial charge in [0.1, 0.15) is 5.84 Å². The van der Waals surface area contributed by atoms with E-state index in [-0.39, 0.29) is 23.8 Å². The van der Waals surface area contributed by atoms with Crippen LogP contribution in [-0.2, 0) is 21.2 Å². The van der Waals surface area contributed by atoms with Gasteiger partial charge < -0.3 is 10.2 Å². The Kier molecular flexibility index (Phi) is 7.46. The molecule has 0 atom stereocenters. The third kappa shape index (κ3) is 6.38. The number of carbonyl (C=O) groups is 1. The lowest BCUT2D eigenvalue weighted by Gasteiger charge is -2.17. The van der Waals surface area contributed by atoms with Crippen LogP contribution in [0.3, 0.4) is 0 Å². The van der Waals surface area contributed by atoms with E-state index in [0.717, 1.165) is 47.6 Å². The number of amides is 1. The fraction of sp³-hybridized carbons (Fsp3) is 0.391. The standard InChI is InChI=1S/C23H30N4O3S/c1-17-14-18(2)16-21(15-17)31(29,30)26-10-8-22(28)27(3)13-9-19-4-6-20(7-5-19)23-24-11-12-25-23/h4-7,14-16,26H,8-13H2,1-3H3,(H,24,25). The van der Waals surface area contributed by atoms with E-state index in [1.54, 1.807) is 24.1 Å². The molecule has 3 rings (SSSR count). The highest BCUT2D eigenvalue weighted by Crippen LogP contribution is 2.14. The number of aryl methyl sites for hydroxylation is 2. The van der Waals surface area contributed by atoms with E-state index in [4.69, 9.17) is 0 Å². The summed E-state index contributed by atoms with van der Waals surface area (Å²) >= 11 is 0. The van der Waals surface area contributed by atoms with Crippen molar-refractivity contribution < 1.29 is 13.2 Å². The lowest BCUT2D eigenvalue weighted by Crippen LogP contribution is -2.33. The summed E-state index contributed by atoms with van der Waals surface area (Å²) in [6.45, 7) is 6.05. The molecule has 1 heterocycles. The van der Waals surface area contributed by atoms with Crippen LogP contribution in [0.25, 0.3) is 0 Å². The minimum atomic E-state index is -3.63. The summed E-state index contributed by atoms with van der Waals surface area (Å²) in [7, 11) is -1.89. The summed E-state index contributed by atoms with van der Waals surface area (Å²) in [6.07, 6.45) is 0.849. The summed E-state index contributed by atoms with van der Waals surface area (Å²) in [6, 6.07) is 13.4. The number of sulfonamides is 1. The Balaban J connectivity index is 1.45. The lowest BCUT2D eigenvalue weighted by molar-refractivity contribution is -0.129. The predicted octanol–water partition coefficient (Wildman–Crippen LogP) is 2.02. The summed E-state index contributed by atoms with van der Waals surface area (Å²) < 4.78 is 27.5. The maximum absolute atomic E-state index is 12.5. The Labute approximate surface area is 184 Å². The van der Waals surface area contributed by atoms with Crippen molar-refractivity contribution in [1.82, 2.24) is 14.9 Å². The molecule has 0 saturated heterocycles. The van der Waals surface area contributed by atoms with Crippen molar-refractivity contribution in [3.8, 4) is 0 Å². The molecule has 0 aliphatic carbocycles. The predicted molar refractivity (Wildman–Crippen MR) is 123 cm³/mol. The number of rotatable bonds is 9. The quantitative estimate of drug-likeness (QED) is 0.622. The number of carbonyl (C=O) groups excluding carboxylic acids is 1. The number of likely N-dealkylation sites (N-methyl/N-ethyl adjacent to an activating group) is 1. The van der Waals surface area contributed by atoms with Crippen LogP contribution in [0.15, 0.2) is 52.4 Å². The SMILES string of the molecule is Cc1cc(C)cc(S(=O)(=O)NCCC(=O)N(C)CCc2ccc(C3=NCCN3)cc2)c1. The average Bonchev–Trinajstić information content (AvgIpc) is 3.26. The number of amidine groups is 1. The second-order valence-electron chi connectivity index (χ2n) is 7.89. The highest BCUT2D eigenvalue weighted by atomic mass is 32.2. The molecule has 1 aliphatic heterocycles. The maximum atomic E-state index is 12.5. The molecule has 1 amide bonds. The van der Waals surface area contributed by atoms with Gasteiger partial charge in [-0.2, -0.15) is 0 Å². The molecular weight excluding hydrogens is 412 g/mol. The van der Waals surface area contributed by atoms with E-state index in [9.17, 15) is 13.2 Å². The zero-order chi connectivity index (χ0) is 22.4. The number of aliphatic imine (C=N–C) groups is 1. The Hall–Kier alpha value is -2.71. The van der Waals surface area contributed by atoms with Crippen molar-refractivity contribution in [1.29, 1.82) is 0 Å². The average molecular weight is 443 g/mol. The van der Waals surface area contributed by atoms with E-state index in [1.807, 2.05) is 44.2 Å². The van der Waals surface area contributed by atoms with Crippen molar-refractivity contribution in [2.75, 3.05) is 33.2 Å². The largest absolute Gasteiger partial charge is 0.368 e. The lowest BCUT2D eigenvalue weighted by atomic mass is 10.1. The third-order valence-electron chi connectivity index (χ3n) is 5.20. The van der Waals surface area contributed by atoms with Crippen LogP contribution in [-0.4, -0.2) is 58.3 Å². The fourth-order valence-corrected chi connectivity index (χ4v) is 4.72. The van der Waals surface area contributed by atoms with Gasteiger partial charge in [-0.1, -0.05) is 30.3 Å². The number of benzene rings is 2. The van der Waals surface area contributed by atoms with Gasteiger partial charge >= 0.3 is 0 Å². The number of nitrogens with one attached hydrogen (secondary N) is 2. The summed E-state index contributed by atoms with van der Waals surface area (Å²) in [5.41, 5.74) is 3.98. The van der Waals surface area contributed by atoms with Crippen molar-refractivity contribution >= 4 is 21.8 Å². The second kappa shape index (κ2) is 10.1. The van der Waals surface area contributed by atoms with Gasteiger partial charge in [0.2, 0.25) is 15.9 Å². The van der Waals surface area contributed by atoms with Crippen molar-refractivity contribution in [2.24, 2.45) is 4.99 Å². The molecule has 7 nitrogen and oxygen atoms in total. The van der Waals surface area contributed by atoms with Crippen LogP contribution in [0.1, 0.15) is 28.7 Å². The number of hydrogen-bond acceptors (Lipinski definition) is 5. The number of nitrogens with zero attached hydrogens (tertiary/aromatic N) is 2. The molecule has 166 valence electrons. The van der Waals surface area contributed by atoms with Crippen LogP contribution in [0.4, 0.5) is 0 Å². The second-order valence-corrected chi connectivity index (χ2v) is 9.66. The molecule has 0 radical (unpaired) electrons. The third-order valence-corrected chi connectivity index (χ3v) is 6.64. The first-order valence-corrected chi connectivity index (χ1v) is 11.9. The van der Waals surface area contributed by atoms with E-state index in [0.29, 0.717) is 6.54 Å². The highest BCUT2D eigenvalue weighted by Gasteiger charge is 2.16. The Morgan fingerprint density at radius 3 is 2.42 bits per heavy atom. The Bertz CT molecular complexity index is 1040. The molecule has 0 bridgehead atoms. The van der Waals surface area contributed by atoms with E-state index in [2.05, 4.69) is 15.0 Å². The van der Waals surface area contributed by atoms with Gasteiger partial charge in [0.15, 0.2) is 0 Å². The van der Waals surface area contributed by atoms with Gasteiger partial charge in [0.05, 0.1) is 11.4 Å². The van der Waals surface area contributed by atoms with Crippen LogP contribution in [0, 0.1) is 13.8 Å². The van der Waals surface area contributed by atoms with Gasteiger partial charge in [-0.3, -0.25) is 9.79 Å². The highest BCUT2D eigenvalue weighted by molar-refractivity contribution is 7.89. The molecule has 0 spiro atoms. The zero-order valence-electron chi connectivity index (χ0n) is 18.3. The van der Waals surface area contributed by atoms with Crippen molar-refractivity contribution in [3.05, 3.63) is 64.7 Å². The fourth-order valence-electron chi connectivity index (χ4n) is 3.50. The Morgan fingerprint density at radius 1 is 1.13 bits per heavy atom. The first-order valence-electron chi connectivity index (χ1n) is 10.4. The van der Waals surface area contributed by atoms with Crippen LogP contribution in [0.2, 0.25) is 0 Å². The molecule has 0 aromatic heterocycles. The summed E-state index contributed by atoms with van der Waals surface area (Å²) in [5.74, 6) is 0.839. The Morgan fingerprint density at radius 2 is 1.81 bits per heavy atom. The van der Waals surface area contributed by atoms with Gasteiger partial charge in [0.25, 0.3) is 0 Å².